The zero-order chi connectivity index (χ0) is 14.5. The average Bonchev–Trinajstić information content (AvgIpc) is 2.42. The lowest BCUT2D eigenvalue weighted by atomic mass is 10.1. The Bertz CT molecular complexity index is 221. The summed E-state index contributed by atoms with van der Waals surface area (Å²) in [6.45, 7) is 7.65. The van der Waals surface area contributed by atoms with E-state index in [4.69, 9.17) is 9.47 Å². The molecule has 114 valence electrons. The van der Waals surface area contributed by atoms with E-state index in [9.17, 15) is 4.79 Å². The number of nitrogens with one attached hydrogen (secondary N) is 1. The molecule has 2 unspecified atom stereocenters. The van der Waals surface area contributed by atoms with Gasteiger partial charge in [0.2, 0.25) is 0 Å². The first-order chi connectivity index (χ1) is 9.15. The van der Waals surface area contributed by atoms with Crippen LogP contribution in [0.1, 0.15) is 59.3 Å². The maximum atomic E-state index is 11.5. The molecule has 2 atom stereocenters. The smallest absolute Gasteiger partial charge is 0.322 e. The summed E-state index contributed by atoms with van der Waals surface area (Å²) in [5.41, 5.74) is 0. The van der Waals surface area contributed by atoms with Gasteiger partial charge in [0.25, 0.3) is 0 Å². The fourth-order valence-electron chi connectivity index (χ4n) is 2.02. The van der Waals surface area contributed by atoms with Gasteiger partial charge in [-0.3, -0.25) is 4.79 Å². The molecule has 0 fully saturated rings. The van der Waals surface area contributed by atoms with Crippen LogP contribution in [-0.4, -0.2) is 38.4 Å². The number of hydrogen-bond acceptors (Lipinski definition) is 4. The molecule has 19 heavy (non-hydrogen) atoms. The van der Waals surface area contributed by atoms with Crippen LogP contribution in [0.3, 0.4) is 0 Å². The van der Waals surface area contributed by atoms with Gasteiger partial charge in [-0.15, -0.1) is 0 Å². The maximum Gasteiger partial charge on any atom is 0.322 e. The van der Waals surface area contributed by atoms with E-state index in [2.05, 4.69) is 19.2 Å². The number of hydrogen-bond donors (Lipinski definition) is 1. The van der Waals surface area contributed by atoms with Gasteiger partial charge in [0.05, 0.1) is 13.2 Å². The Hall–Kier alpha value is -0.610. The third kappa shape index (κ3) is 9.91. The molecular formula is C15H31NO3. The van der Waals surface area contributed by atoms with Crippen LogP contribution in [0.4, 0.5) is 0 Å². The average molecular weight is 273 g/mol. The minimum Gasteiger partial charge on any atom is -0.468 e. The molecule has 0 spiro atoms. The lowest BCUT2D eigenvalue weighted by Gasteiger charge is -2.17. The van der Waals surface area contributed by atoms with Crippen molar-refractivity contribution in [1.82, 2.24) is 5.32 Å². The largest absolute Gasteiger partial charge is 0.468 e. The Morgan fingerprint density at radius 3 is 2.47 bits per heavy atom. The quantitative estimate of drug-likeness (QED) is 0.439. The van der Waals surface area contributed by atoms with Gasteiger partial charge in [0.15, 0.2) is 0 Å². The highest BCUT2D eigenvalue weighted by atomic mass is 16.5. The Morgan fingerprint density at radius 2 is 1.89 bits per heavy atom. The molecule has 0 radical (unpaired) electrons. The van der Waals surface area contributed by atoms with E-state index in [1.807, 2.05) is 6.92 Å². The lowest BCUT2D eigenvalue weighted by Crippen LogP contribution is -2.38. The fraction of sp³-hybridized carbons (Fsp3) is 0.933. The van der Waals surface area contributed by atoms with Crippen molar-refractivity contribution in [3.8, 4) is 0 Å². The predicted molar refractivity (Wildman–Crippen MR) is 78.3 cm³/mol. The second-order valence-corrected chi connectivity index (χ2v) is 4.95. The Balaban J connectivity index is 3.70. The maximum absolute atomic E-state index is 11.5. The van der Waals surface area contributed by atoms with Gasteiger partial charge in [-0.2, -0.15) is 0 Å². The molecule has 0 saturated carbocycles. The highest BCUT2D eigenvalue weighted by Crippen LogP contribution is 2.08. The molecule has 0 aliphatic heterocycles. The number of rotatable bonds is 12. The lowest BCUT2D eigenvalue weighted by molar-refractivity contribution is -0.143. The predicted octanol–water partition coefficient (Wildman–Crippen LogP) is 2.90. The summed E-state index contributed by atoms with van der Waals surface area (Å²) in [6.07, 6.45) is 7.12. The molecule has 0 aromatic carbocycles. The second kappa shape index (κ2) is 12.4. The molecule has 0 aromatic rings. The van der Waals surface area contributed by atoms with Gasteiger partial charge >= 0.3 is 5.97 Å². The molecule has 4 nitrogen and oxygen atoms in total. The first kappa shape index (κ1) is 18.4. The SMILES string of the molecule is CCCCCCC(C)OCCC(NCC)C(=O)OC. The van der Waals surface area contributed by atoms with Crippen molar-refractivity contribution in [3.63, 3.8) is 0 Å². The zero-order valence-electron chi connectivity index (χ0n) is 13.0. The second-order valence-electron chi connectivity index (χ2n) is 4.95. The standard InChI is InChI=1S/C15H31NO3/c1-5-7-8-9-10-13(3)19-12-11-14(16-6-2)15(17)18-4/h13-14,16H,5-12H2,1-4H3. The highest BCUT2D eigenvalue weighted by molar-refractivity contribution is 5.75. The topological polar surface area (TPSA) is 47.6 Å². The molecule has 0 saturated heterocycles. The summed E-state index contributed by atoms with van der Waals surface area (Å²) >= 11 is 0. The third-order valence-corrected chi connectivity index (χ3v) is 3.21. The van der Waals surface area contributed by atoms with Gasteiger partial charge in [-0.05, 0) is 26.3 Å². The molecule has 1 N–H and O–H groups in total. The van der Waals surface area contributed by atoms with Crippen molar-refractivity contribution >= 4 is 5.97 Å². The summed E-state index contributed by atoms with van der Waals surface area (Å²) in [5, 5.41) is 3.11. The molecule has 4 heteroatoms. The van der Waals surface area contributed by atoms with E-state index in [-0.39, 0.29) is 18.1 Å². The highest BCUT2D eigenvalue weighted by Gasteiger charge is 2.17. The van der Waals surface area contributed by atoms with Gasteiger partial charge in [0, 0.05) is 6.61 Å². The van der Waals surface area contributed by atoms with Crippen LogP contribution in [0.5, 0.6) is 0 Å². The summed E-state index contributed by atoms with van der Waals surface area (Å²) in [5.74, 6) is -0.207. The number of ether oxygens (including phenoxy) is 2. The fourth-order valence-corrected chi connectivity index (χ4v) is 2.02. The molecule has 0 amide bonds. The number of carbonyl (C=O) groups is 1. The normalized spacial score (nSPS) is 14.1. The van der Waals surface area contributed by atoms with Crippen molar-refractivity contribution < 1.29 is 14.3 Å². The number of likely N-dealkylation sites (N-methyl/N-ethyl adjacent to an activating group) is 1. The minimum absolute atomic E-state index is 0.207. The summed E-state index contributed by atoms with van der Waals surface area (Å²) < 4.78 is 10.5. The van der Waals surface area contributed by atoms with E-state index in [1.54, 1.807) is 0 Å². The third-order valence-electron chi connectivity index (χ3n) is 3.21. The van der Waals surface area contributed by atoms with Crippen LogP contribution >= 0.6 is 0 Å². The molecular weight excluding hydrogens is 242 g/mol. The van der Waals surface area contributed by atoms with E-state index < -0.39 is 0 Å². The van der Waals surface area contributed by atoms with Crippen molar-refractivity contribution in [2.75, 3.05) is 20.3 Å². The van der Waals surface area contributed by atoms with E-state index in [1.165, 1.54) is 32.8 Å². The van der Waals surface area contributed by atoms with Crippen molar-refractivity contribution in [2.45, 2.75) is 71.4 Å². The molecule has 0 aromatic heterocycles. The number of methoxy groups -OCH3 is 1. The van der Waals surface area contributed by atoms with Gasteiger partial charge < -0.3 is 14.8 Å². The Kier molecular flexibility index (Phi) is 12.0. The van der Waals surface area contributed by atoms with E-state index in [0.29, 0.717) is 13.0 Å². The van der Waals surface area contributed by atoms with Crippen LogP contribution in [-0.2, 0) is 14.3 Å². The first-order valence-electron chi connectivity index (χ1n) is 7.58. The van der Waals surface area contributed by atoms with Crippen LogP contribution in [0.2, 0.25) is 0 Å². The van der Waals surface area contributed by atoms with Gasteiger partial charge in [-0.25, -0.2) is 0 Å². The van der Waals surface area contributed by atoms with Crippen molar-refractivity contribution in [3.05, 3.63) is 0 Å². The summed E-state index contributed by atoms with van der Waals surface area (Å²) in [6, 6.07) is -0.248. The van der Waals surface area contributed by atoms with Crippen LogP contribution in [0.15, 0.2) is 0 Å². The zero-order valence-corrected chi connectivity index (χ0v) is 13.0. The van der Waals surface area contributed by atoms with Gasteiger partial charge in [0.1, 0.15) is 6.04 Å². The number of carbonyl (C=O) groups excluding carboxylic acids is 1. The van der Waals surface area contributed by atoms with Crippen LogP contribution in [0, 0.1) is 0 Å². The minimum atomic E-state index is -0.248. The summed E-state index contributed by atoms with van der Waals surface area (Å²) in [7, 11) is 1.42. The van der Waals surface area contributed by atoms with E-state index >= 15 is 0 Å². The Morgan fingerprint density at radius 1 is 1.16 bits per heavy atom. The monoisotopic (exact) mass is 273 g/mol. The molecule has 0 aliphatic carbocycles. The van der Waals surface area contributed by atoms with Crippen molar-refractivity contribution in [1.29, 1.82) is 0 Å². The Labute approximate surface area is 118 Å². The summed E-state index contributed by atoms with van der Waals surface area (Å²) in [4.78, 5) is 11.5. The van der Waals surface area contributed by atoms with E-state index in [0.717, 1.165) is 13.0 Å². The van der Waals surface area contributed by atoms with Gasteiger partial charge in [-0.1, -0.05) is 39.5 Å². The number of esters is 1. The molecule has 0 bridgehead atoms. The molecule has 0 aliphatic rings. The van der Waals surface area contributed by atoms with Crippen molar-refractivity contribution in [2.24, 2.45) is 0 Å². The molecule has 0 heterocycles. The number of unbranched alkanes of at least 4 members (excludes halogenated alkanes) is 3. The van der Waals surface area contributed by atoms with Crippen LogP contribution < -0.4 is 5.32 Å². The molecule has 0 rings (SSSR count). The van der Waals surface area contributed by atoms with Crippen LogP contribution in [0.25, 0.3) is 0 Å². The first-order valence-corrected chi connectivity index (χ1v) is 7.58.